The number of amides is 3. The van der Waals surface area contributed by atoms with Crippen molar-refractivity contribution in [3.63, 3.8) is 0 Å². The van der Waals surface area contributed by atoms with Crippen molar-refractivity contribution in [2.45, 2.75) is 12.6 Å². The van der Waals surface area contributed by atoms with Crippen molar-refractivity contribution in [1.82, 2.24) is 4.90 Å². The summed E-state index contributed by atoms with van der Waals surface area (Å²) in [7, 11) is 1.38. The first-order chi connectivity index (χ1) is 17.2. The third-order valence-corrected chi connectivity index (χ3v) is 8.10. The molecule has 0 radical (unpaired) electrons. The number of methoxy groups -OCH3 is 1. The normalized spacial score (nSPS) is 29.7. The van der Waals surface area contributed by atoms with E-state index in [-0.39, 0.29) is 40.7 Å². The van der Waals surface area contributed by atoms with Crippen LogP contribution in [0.3, 0.4) is 0 Å². The van der Waals surface area contributed by atoms with Crippen molar-refractivity contribution in [2.24, 2.45) is 35.5 Å². The van der Waals surface area contributed by atoms with Gasteiger partial charge in [0.05, 0.1) is 30.1 Å². The summed E-state index contributed by atoms with van der Waals surface area (Å²) in [6, 6.07) is 10.7. The third kappa shape index (κ3) is 3.36. The van der Waals surface area contributed by atoms with Crippen LogP contribution >= 0.6 is 0 Å². The molecule has 1 aliphatic heterocycles. The predicted molar refractivity (Wildman–Crippen MR) is 123 cm³/mol. The minimum absolute atomic E-state index is 0.00150. The summed E-state index contributed by atoms with van der Waals surface area (Å²) in [5.41, 5.74) is -0.898. The van der Waals surface area contributed by atoms with E-state index in [1.54, 1.807) is 18.2 Å². The van der Waals surface area contributed by atoms with E-state index in [4.69, 9.17) is 4.74 Å². The number of likely N-dealkylation sites (tertiary alicyclic amines) is 1. The van der Waals surface area contributed by atoms with E-state index in [2.05, 4.69) is 0 Å². The van der Waals surface area contributed by atoms with Crippen molar-refractivity contribution in [1.29, 1.82) is 0 Å². The van der Waals surface area contributed by atoms with E-state index >= 15 is 0 Å². The van der Waals surface area contributed by atoms with Crippen LogP contribution in [0.15, 0.2) is 60.7 Å². The summed E-state index contributed by atoms with van der Waals surface area (Å²) >= 11 is 0. The number of nitrogens with zero attached hydrogens (tertiary/aromatic N) is 2. The SMILES string of the molecule is COc1ccccc1C(=O)N(CN1C(=O)C2C3C=CC(C4CC34)C2C1=O)c1cccc(C(F)(F)F)c1. The molecule has 4 aliphatic carbocycles. The van der Waals surface area contributed by atoms with Crippen molar-refractivity contribution < 1.29 is 32.3 Å². The zero-order valence-electron chi connectivity index (χ0n) is 19.3. The zero-order valence-corrected chi connectivity index (χ0v) is 19.3. The van der Waals surface area contributed by atoms with Crippen LogP contribution in [0.1, 0.15) is 22.3 Å². The summed E-state index contributed by atoms with van der Waals surface area (Å²) in [6.07, 6.45) is 0.465. The maximum atomic E-state index is 13.7. The van der Waals surface area contributed by atoms with Gasteiger partial charge in [-0.3, -0.25) is 24.2 Å². The molecule has 5 aliphatic rings. The van der Waals surface area contributed by atoms with E-state index in [9.17, 15) is 27.6 Å². The summed E-state index contributed by atoms with van der Waals surface area (Å²) in [4.78, 5) is 42.8. The number of halogens is 3. The van der Waals surface area contributed by atoms with E-state index in [1.165, 1.54) is 25.3 Å². The fourth-order valence-electron chi connectivity index (χ4n) is 6.38. The summed E-state index contributed by atoms with van der Waals surface area (Å²) in [6.45, 7) is -0.475. The smallest absolute Gasteiger partial charge is 0.416 e. The third-order valence-electron chi connectivity index (χ3n) is 8.10. The number of hydrogen-bond donors (Lipinski definition) is 0. The van der Waals surface area contributed by atoms with Crippen LogP contribution in [-0.4, -0.2) is 36.4 Å². The molecule has 1 heterocycles. The average molecular weight is 496 g/mol. The molecule has 6 nitrogen and oxygen atoms in total. The van der Waals surface area contributed by atoms with Crippen molar-refractivity contribution >= 4 is 23.4 Å². The van der Waals surface area contributed by atoms with Gasteiger partial charge in [-0.2, -0.15) is 13.2 Å². The first kappa shape index (κ1) is 22.8. The number of benzene rings is 2. The molecule has 9 heteroatoms. The number of ether oxygens (including phenoxy) is 1. The number of carbonyl (C=O) groups is 3. The van der Waals surface area contributed by atoms with Crippen LogP contribution in [-0.2, 0) is 15.8 Å². The van der Waals surface area contributed by atoms with Gasteiger partial charge in [0, 0.05) is 5.69 Å². The minimum Gasteiger partial charge on any atom is -0.496 e. The van der Waals surface area contributed by atoms with Gasteiger partial charge in [-0.1, -0.05) is 30.4 Å². The second kappa shape index (κ2) is 7.94. The van der Waals surface area contributed by atoms with Crippen LogP contribution in [0.5, 0.6) is 5.75 Å². The van der Waals surface area contributed by atoms with Gasteiger partial charge in [-0.15, -0.1) is 0 Å². The first-order valence-corrected chi connectivity index (χ1v) is 11.9. The van der Waals surface area contributed by atoms with Crippen molar-refractivity contribution in [3.8, 4) is 5.75 Å². The Hall–Kier alpha value is -3.62. The summed E-state index contributed by atoms with van der Waals surface area (Å²) < 4.78 is 45.8. The standard InChI is InChI=1S/C27H23F3N2O4/c1-36-21-8-3-2-7-18(21)24(33)31(15-6-4-5-14(11-15)27(28,29)30)13-32-25(34)22-16-9-10-17(20-12-19(16)20)23(22)26(32)35/h2-11,16-17,19-20,22-23H,12-13H2,1H3. The van der Waals surface area contributed by atoms with E-state index < -0.39 is 36.2 Å². The molecular formula is C27H23F3N2O4. The van der Waals surface area contributed by atoms with Gasteiger partial charge in [0.25, 0.3) is 5.91 Å². The summed E-state index contributed by atoms with van der Waals surface area (Å²) in [5, 5.41) is 0. The highest BCUT2D eigenvalue weighted by Gasteiger charge is 2.67. The minimum atomic E-state index is -4.63. The van der Waals surface area contributed by atoms with Crippen LogP contribution in [0.2, 0.25) is 0 Å². The fraction of sp³-hybridized carbons (Fsp3) is 0.370. The largest absolute Gasteiger partial charge is 0.496 e. The molecule has 2 aromatic carbocycles. The van der Waals surface area contributed by atoms with E-state index in [0.29, 0.717) is 11.8 Å². The monoisotopic (exact) mass is 496 g/mol. The first-order valence-electron chi connectivity index (χ1n) is 11.9. The second-order valence-electron chi connectivity index (χ2n) is 9.88. The van der Waals surface area contributed by atoms with Crippen LogP contribution in [0, 0.1) is 35.5 Å². The number of hydrogen-bond acceptors (Lipinski definition) is 4. The maximum Gasteiger partial charge on any atom is 0.416 e. The highest BCUT2D eigenvalue weighted by molar-refractivity contribution is 6.10. The molecule has 3 amide bonds. The molecule has 36 heavy (non-hydrogen) atoms. The molecule has 186 valence electrons. The van der Waals surface area contributed by atoms with Gasteiger partial charge in [-0.25, -0.2) is 0 Å². The Kier molecular flexibility index (Phi) is 5.04. The summed E-state index contributed by atoms with van der Waals surface area (Å²) in [5.74, 6) is -1.29. The number of anilines is 1. The number of alkyl halides is 3. The van der Waals surface area contributed by atoms with Gasteiger partial charge >= 0.3 is 6.18 Å². The highest BCUT2D eigenvalue weighted by Crippen LogP contribution is 2.65. The maximum absolute atomic E-state index is 13.7. The topological polar surface area (TPSA) is 66.9 Å². The number of para-hydroxylation sites is 1. The van der Waals surface area contributed by atoms with Gasteiger partial charge in [-0.05, 0) is 60.4 Å². The lowest BCUT2D eigenvalue weighted by Crippen LogP contribution is -2.45. The van der Waals surface area contributed by atoms with Gasteiger partial charge in [0.1, 0.15) is 12.4 Å². The molecule has 0 aromatic heterocycles. The molecule has 0 spiro atoms. The Morgan fingerprint density at radius 3 is 2.25 bits per heavy atom. The van der Waals surface area contributed by atoms with Crippen LogP contribution in [0.4, 0.5) is 18.9 Å². The number of rotatable bonds is 5. The highest BCUT2D eigenvalue weighted by atomic mass is 19.4. The number of imide groups is 1. The van der Waals surface area contributed by atoms with E-state index in [0.717, 1.165) is 28.4 Å². The Morgan fingerprint density at radius 1 is 1.00 bits per heavy atom. The Balaban J connectivity index is 1.38. The fourth-order valence-corrected chi connectivity index (χ4v) is 6.38. The van der Waals surface area contributed by atoms with Crippen molar-refractivity contribution in [2.75, 3.05) is 18.7 Å². The Labute approximate surface area is 205 Å². The molecule has 6 atom stereocenters. The second-order valence-corrected chi connectivity index (χ2v) is 9.88. The molecule has 2 saturated carbocycles. The molecule has 2 aromatic rings. The van der Waals surface area contributed by atoms with Gasteiger partial charge in [0.2, 0.25) is 11.8 Å². The number of allylic oxidation sites excluding steroid dienone is 2. The quantitative estimate of drug-likeness (QED) is 0.456. The van der Waals surface area contributed by atoms with Gasteiger partial charge in [0.15, 0.2) is 0 Å². The average Bonchev–Trinajstić information content (AvgIpc) is 3.66. The Bertz CT molecular complexity index is 1270. The van der Waals surface area contributed by atoms with Crippen LogP contribution in [0.25, 0.3) is 0 Å². The van der Waals surface area contributed by atoms with Crippen molar-refractivity contribution in [3.05, 3.63) is 71.8 Å². The molecule has 0 N–H and O–H groups in total. The lowest BCUT2D eigenvalue weighted by Gasteiger charge is -2.37. The molecule has 1 saturated heterocycles. The van der Waals surface area contributed by atoms with Gasteiger partial charge < -0.3 is 4.74 Å². The Morgan fingerprint density at radius 2 is 1.64 bits per heavy atom. The molecule has 2 bridgehead atoms. The lowest BCUT2D eigenvalue weighted by molar-refractivity contribution is -0.140. The predicted octanol–water partition coefficient (Wildman–Crippen LogP) is 4.37. The zero-order chi connectivity index (χ0) is 25.4. The molecule has 6 unspecified atom stereocenters. The number of carbonyl (C=O) groups excluding carboxylic acids is 3. The lowest BCUT2D eigenvalue weighted by atomic mass is 9.63. The molecular weight excluding hydrogens is 473 g/mol. The van der Waals surface area contributed by atoms with Crippen LogP contribution < -0.4 is 9.64 Å². The molecule has 3 fully saturated rings. The molecule has 7 rings (SSSR count). The van der Waals surface area contributed by atoms with E-state index in [1.807, 2.05) is 12.2 Å².